The maximum absolute atomic E-state index is 13.1. The van der Waals surface area contributed by atoms with E-state index >= 15 is 0 Å². The molecule has 0 radical (unpaired) electrons. The third-order valence-electron chi connectivity index (χ3n) is 5.90. The molecule has 2 fully saturated rings. The van der Waals surface area contributed by atoms with E-state index in [1.807, 2.05) is 9.80 Å². The standard InChI is InChI=1S/C22H32N2O2/c1-4-11-23-12-5-9-22(21(23)26)10-6-13-24(22)20(25)8-7-19-15-17(2)14-18(3)16-19/h14-16H,4-13H2,1-3H3. The van der Waals surface area contributed by atoms with Crippen LogP contribution in [0, 0.1) is 13.8 Å². The van der Waals surface area contributed by atoms with Crippen molar-refractivity contribution in [2.75, 3.05) is 19.6 Å². The van der Waals surface area contributed by atoms with E-state index in [1.54, 1.807) is 0 Å². The molecule has 0 aromatic heterocycles. The summed E-state index contributed by atoms with van der Waals surface area (Å²) in [6, 6.07) is 6.48. The van der Waals surface area contributed by atoms with Crippen LogP contribution in [0.3, 0.4) is 0 Å². The number of hydrogen-bond donors (Lipinski definition) is 0. The number of aryl methyl sites for hydroxylation is 3. The summed E-state index contributed by atoms with van der Waals surface area (Å²) in [4.78, 5) is 30.1. The van der Waals surface area contributed by atoms with E-state index in [1.165, 1.54) is 16.7 Å². The zero-order valence-corrected chi connectivity index (χ0v) is 16.5. The van der Waals surface area contributed by atoms with Crippen LogP contribution < -0.4 is 0 Å². The highest BCUT2D eigenvalue weighted by Crippen LogP contribution is 2.38. The number of nitrogens with zero attached hydrogens (tertiary/aromatic N) is 2. The fraction of sp³-hybridized carbons (Fsp3) is 0.636. The first-order valence-corrected chi connectivity index (χ1v) is 10.1. The summed E-state index contributed by atoms with van der Waals surface area (Å²) in [5.41, 5.74) is 3.14. The zero-order chi connectivity index (χ0) is 18.7. The van der Waals surface area contributed by atoms with E-state index in [2.05, 4.69) is 39.0 Å². The summed E-state index contributed by atoms with van der Waals surface area (Å²) in [6.07, 6.45) is 5.84. The number of carbonyl (C=O) groups is 2. The van der Waals surface area contributed by atoms with E-state index in [0.29, 0.717) is 6.42 Å². The minimum Gasteiger partial charge on any atom is -0.341 e. The second kappa shape index (κ2) is 7.81. The van der Waals surface area contributed by atoms with Crippen LogP contribution in [0.2, 0.25) is 0 Å². The van der Waals surface area contributed by atoms with Crippen molar-refractivity contribution < 1.29 is 9.59 Å². The van der Waals surface area contributed by atoms with Gasteiger partial charge in [-0.15, -0.1) is 0 Å². The lowest BCUT2D eigenvalue weighted by atomic mass is 9.85. The van der Waals surface area contributed by atoms with Crippen LogP contribution in [0.15, 0.2) is 18.2 Å². The van der Waals surface area contributed by atoms with Gasteiger partial charge in [-0.2, -0.15) is 0 Å². The van der Waals surface area contributed by atoms with Crippen LogP contribution in [0.4, 0.5) is 0 Å². The fourth-order valence-electron chi connectivity index (χ4n) is 4.87. The van der Waals surface area contributed by atoms with Crippen molar-refractivity contribution in [3.05, 3.63) is 34.9 Å². The van der Waals surface area contributed by atoms with Crippen LogP contribution in [0.25, 0.3) is 0 Å². The Bertz CT molecular complexity index is 662. The topological polar surface area (TPSA) is 40.6 Å². The molecular formula is C22H32N2O2. The predicted octanol–water partition coefficient (Wildman–Crippen LogP) is 3.63. The molecule has 2 aliphatic rings. The Morgan fingerprint density at radius 1 is 1.08 bits per heavy atom. The highest BCUT2D eigenvalue weighted by atomic mass is 16.2. The minimum absolute atomic E-state index is 0.147. The maximum atomic E-state index is 13.1. The molecular weight excluding hydrogens is 324 g/mol. The molecule has 1 unspecified atom stereocenters. The quantitative estimate of drug-likeness (QED) is 0.808. The molecule has 1 aromatic carbocycles. The molecule has 2 aliphatic heterocycles. The van der Waals surface area contributed by atoms with E-state index in [0.717, 1.165) is 58.2 Å². The molecule has 1 spiro atoms. The molecule has 3 rings (SSSR count). The number of carbonyl (C=O) groups excluding carboxylic acids is 2. The third-order valence-corrected chi connectivity index (χ3v) is 5.90. The zero-order valence-electron chi connectivity index (χ0n) is 16.5. The molecule has 0 saturated carbocycles. The highest BCUT2D eigenvalue weighted by Gasteiger charge is 2.52. The summed E-state index contributed by atoms with van der Waals surface area (Å²) in [6.45, 7) is 8.69. The van der Waals surface area contributed by atoms with Gasteiger partial charge in [0.2, 0.25) is 11.8 Å². The van der Waals surface area contributed by atoms with Gasteiger partial charge in [0.25, 0.3) is 0 Å². The average Bonchev–Trinajstić information content (AvgIpc) is 3.01. The van der Waals surface area contributed by atoms with E-state index in [4.69, 9.17) is 0 Å². The van der Waals surface area contributed by atoms with Gasteiger partial charge in [0.05, 0.1) is 0 Å². The monoisotopic (exact) mass is 356 g/mol. The smallest absolute Gasteiger partial charge is 0.248 e. The van der Waals surface area contributed by atoms with Gasteiger partial charge < -0.3 is 9.80 Å². The van der Waals surface area contributed by atoms with Crippen molar-refractivity contribution in [2.45, 2.75) is 71.3 Å². The fourth-order valence-corrected chi connectivity index (χ4v) is 4.87. The Kier molecular flexibility index (Phi) is 5.69. The van der Waals surface area contributed by atoms with E-state index in [9.17, 15) is 9.59 Å². The minimum atomic E-state index is -0.549. The van der Waals surface area contributed by atoms with Gasteiger partial charge in [0.15, 0.2) is 0 Å². The molecule has 0 N–H and O–H groups in total. The van der Waals surface area contributed by atoms with Crippen molar-refractivity contribution >= 4 is 11.8 Å². The molecule has 0 bridgehead atoms. The van der Waals surface area contributed by atoms with Gasteiger partial charge in [0.1, 0.15) is 5.54 Å². The van der Waals surface area contributed by atoms with Crippen LogP contribution in [0.5, 0.6) is 0 Å². The van der Waals surface area contributed by atoms with Gasteiger partial charge in [0, 0.05) is 26.1 Å². The van der Waals surface area contributed by atoms with E-state index < -0.39 is 5.54 Å². The summed E-state index contributed by atoms with van der Waals surface area (Å²) < 4.78 is 0. The number of benzene rings is 1. The van der Waals surface area contributed by atoms with Crippen LogP contribution in [0.1, 0.15) is 62.1 Å². The average molecular weight is 357 g/mol. The molecule has 4 nitrogen and oxygen atoms in total. The van der Waals surface area contributed by atoms with Crippen molar-refractivity contribution in [1.29, 1.82) is 0 Å². The molecule has 4 heteroatoms. The Balaban J connectivity index is 1.70. The van der Waals surface area contributed by atoms with Gasteiger partial charge in [-0.1, -0.05) is 36.2 Å². The van der Waals surface area contributed by atoms with Gasteiger partial charge in [-0.3, -0.25) is 9.59 Å². The molecule has 1 aromatic rings. The Hall–Kier alpha value is -1.84. The molecule has 1 atom stereocenters. The number of piperidine rings is 1. The van der Waals surface area contributed by atoms with Gasteiger partial charge in [-0.05, 0) is 57.9 Å². The third kappa shape index (κ3) is 3.65. The summed E-state index contributed by atoms with van der Waals surface area (Å²) in [5.74, 6) is 0.344. The first-order chi connectivity index (χ1) is 12.5. The summed E-state index contributed by atoms with van der Waals surface area (Å²) in [7, 11) is 0. The SMILES string of the molecule is CCCN1CCCC2(CCCN2C(=O)CCc2cc(C)cc(C)c2)C1=O. The molecule has 2 saturated heterocycles. The predicted molar refractivity (Wildman–Crippen MR) is 104 cm³/mol. The Morgan fingerprint density at radius 2 is 1.73 bits per heavy atom. The second-order valence-corrected chi connectivity index (χ2v) is 8.07. The van der Waals surface area contributed by atoms with Crippen molar-refractivity contribution in [3.8, 4) is 0 Å². The number of likely N-dealkylation sites (tertiary alicyclic amines) is 2. The Labute approximate surface area is 157 Å². The summed E-state index contributed by atoms with van der Waals surface area (Å²) >= 11 is 0. The molecule has 142 valence electrons. The molecule has 2 heterocycles. The highest BCUT2D eigenvalue weighted by molar-refractivity contribution is 5.92. The number of amides is 2. The first kappa shape index (κ1) is 18.9. The van der Waals surface area contributed by atoms with Crippen LogP contribution in [-0.4, -0.2) is 46.8 Å². The van der Waals surface area contributed by atoms with Crippen molar-refractivity contribution in [3.63, 3.8) is 0 Å². The van der Waals surface area contributed by atoms with Crippen molar-refractivity contribution in [1.82, 2.24) is 9.80 Å². The largest absolute Gasteiger partial charge is 0.341 e. The van der Waals surface area contributed by atoms with Crippen LogP contribution in [-0.2, 0) is 16.0 Å². The maximum Gasteiger partial charge on any atom is 0.248 e. The van der Waals surface area contributed by atoms with Gasteiger partial charge >= 0.3 is 0 Å². The lowest BCUT2D eigenvalue weighted by molar-refractivity contribution is -0.155. The Morgan fingerprint density at radius 3 is 2.38 bits per heavy atom. The second-order valence-electron chi connectivity index (χ2n) is 8.07. The normalized spacial score (nSPS) is 23.1. The molecule has 26 heavy (non-hydrogen) atoms. The van der Waals surface area contributed by atoms with Crippen molar-refractivity contribution in [2.24, 2.45) is 0 Å². The number of rotatable bonds is 5. The first-order valence-electron chi connectivity index (χ1n) is 10.1. The lowest BCUT2D eigenvalue weighted by Crippen LogP contribution is -2.61. The number of hydrogen-bond acceptors (Lipinski definition) is 2. The lowest BCUT2D eigenvalue weighted by Gasteiger charge is -2.44. The molecule has 0 aliphatic carbocycles. The van der Waals surface area contributed by atoms with Crippen LogP contribution >= 0.6 is 0 Å². The summed E-state index contributed by atoms with van der Waals surface area (Å²) in [5, 5.41) is 0. The van der Waals surface area contributed by atoms with Gasteiger partial charge in [-0.25, -0.2) is 0 Å². The molecule has 2 amide bonds. The van der Waals surface area contributed by atoms with E-state index in [-0.39, 0.29) is 11.8 Å².